The van der Waals surface area contributed by atoms with E-state index in [-0.39, 0.29) is 30.5 Å². The summed E-state index contributed by atoms with van der Waals surface area (Å²) in [5.41, 5.74) is 5.88. The second-order valence-corrected chi connectivity index (χ2v) is 6.72. The fourth-order valence-corrected chi connectivity index (χ4v) is 3.28. The van der Waals surface area contributed by atoms with Crippen molar-refractivity contribution in [3.8, 4) is 0 Å². The van der Waals surface area contributed by atoms with Crippen LogP contribution in [-0.4, -0.2) is 42.4 Å². The molecule has 126 valence electrons. The maximum absolute atomic E-state index is 13.2. The van der Waals surface area contributed by atoms with Gasteiger partial charge in [0.2, 0.25) is 5.91 Å². The molecule has 0 bridgehead atoms. The Hall–Kier alpha value is -1.47. The lowest BCUT2D eigenvalue weighted by Crippen LogP contribution is -2.37. The summed E-state index contributed by atoms with van der Waals surface area (Å²) in [6.45, 7) is 3.49. The lowest BCUT2D eigenvalue weighted by Gasteiger charge is -2.21. The quantitative estimate of drug-likeness (QED) is 0.812. The van der Waals surface area contributed by atoms with Gasteiger partial charge in [-0.25, -0.2) is 4.39 Å². The van der Waals surface area contributed by atoms with E-state index < -0.39 is 11.7 Å². The molecule has 0 radical (unpaired) electrons. The molecule has 7 heteroatoms. The Kier molecular flexibility index (Phi) is 6.12. The van der Waals surface area contributed by atoms with Gasteiger partial charge < -0.3 is 16.0 Å². The van der Waals surface area contributed by atoms with E-state index in [1.807, 2.05) is 11.8 Å². The van der Waals surface area contributed by atoms with Crippen LogP contribution in [0.4, 0.5) is 4.39 Å². The van der Waals surface area contributed by atoms with Crippen LogP contribution in [0.25, 0.3) is 0 Å². The Morgan fingerprint density at radius 3 is 2.87 bits per heavy atom. The minimum absolute atomic E-state index is 0.00654. The molecule has 1 fully saturated rings. The smallest absolute Gasteiger partial charge is 0.252 e. The monoisotopic (exact) mass is 385 g/mol. The minimum Gasteiger partial charge on any atom is -0.351 e. The van der Waals surface area contributed by atoms with Gasteiger partial charge in [0.15, 0.2) is 0 Å². The predicted octanol–water partition coefficient (Wildman–Crippen LogP) is 1.90. The van der Waals surface area contributed by atoms with Crippen molar-refractivity contribution < 1.29 is 14.0 Å². The average molecular weight is 386 g/mol. The number of benzene rings is 1. The van der Waals surface area contributed by atoms with Gasteiger partial charge in [-0.2, -0.15) is 0 Å². The molecule has 1 saturated heterocycles. The second-order valence-electron chi connectivity index (χ2n) is 5.86. The number of amides is 2. The lowest BCUT2D eigenvalue weighted by atomic mass is 10.1. The third-order valence-corrected chi connectivity index (χ3v) is 4.80. The molecule has 0 aliphatic carbocycles. The Bertz CT molecular complexity index is 597. The first-order chi connectivity index (χ1) is 10.9. The van der Waals surface area contributed by atoms with E-state index in [2.05, 4.69) is 21.2 Å². The van der Waals surface area contributed by atoms with Gasteiger partial charge in [0.25, 0.3) is 5.91 Å². The predicted molar refractivity (Wildman–Crippen MR) is 89.4 cm³/mol. The summed E-state index contributed by atoms with van der Waals surface area (Å²) in [5.74, 6) is -0.523. The summed E-state index contributed by atoms with van der Waals surface area (Å²) >= 11 is 3.21. The largest absolute Gasteiger partial charge is 0.351 e. The van der Waals surface area contributed by atoms with Crippen LogP contribution < -0.4 is 11.1 Å². The Labute approximate surface area is 143 Å². The highest BCUT2D eigenvalue weighted by molar-refractivity contribution is 9.10. The lowest BCUT2D eigenvalue weighted by molar-refractivity contribution is -0.131. The van der Waals surface area contributed by atoms with E-state index in [1.54, 1.807) is 0 Å². The molecule has 1 aliphatic rings. The van der Waals surface area contributed by atoms with Crippen LogP contribution in [0.5, 0.6) is 0 Å². The molecule has 1 aromatic rings. The number of nitrogens with zero attached hydrogens (tertiary/aromatic N) is 1. The summed E-state index contributed by atoms with van der Waals surface area (Å²) in [7, 11) is 0. The minimum atomic E-state index is -0.479. The molecule has 0 aromatic heterocycles. The topological polar surface area (TPSA) is 75.4 Å². The molecule has 0 saturated carbocycles. The maximum atomic E-state index is 13.2. The number of nitrogens with one attached hydrogen (secondary N) is 1. The molecule has 1 aromatic carbocycles. The molecule has 5 nitrogen and oxygen atoms in total. The fourth-order valence-electron chi connectivity index (χ4n) is 2.85. The standard InChI is InChI=1S/C16H21BrFN3O2/c1-10-6-11(8-19)9-21(10)15(22)4-5-20-16(23)13-7-12(18)2-3-14(13)17/h2-3,7,10-11H,4-6,8-9,19H2,1H3,(H,20,23). The van der Waals surface area contributed by atoms with Crippen LogP contribution in [-0.2, 0) is 4.79 Å². The molecular formula is C16H21BrFN3O2. The normalized spacial score (nSPS) is 20.6. The van der Waals surface area contributed by atoms with Crippen LogP contribution >= 0.6 is 15.9 Å². The van der Waals surface area contributed by atoms with E-state index in [1.165, 1.54) is 12.1 Å². The van der Waals surface area contributed by atoms with E-state index in [9.17, 15) is 14.0 Å². The van der Waals surface area contributed by atoms with E-state index >= 15 is 0 Å². The molecule has 2 rings (SSSR count). The summed E-state index contributed by atoms with van der Waals surface area (Å²) in [6.07, 6.45) is 1.14. The summed E-state index contributed by atoms with van der Waals surface area (Å²) in [5, 5.41) is 2.65. The van der Waals surface area contributed by atoms with Crippen molar-refractivity contribution in [2.24, 2.45) is 11.7 Å². The average Bonchev–Trinajstić information content (AvgIpc) is 2.90. The summed E-state index contributed by atoms with van der Waals surface area (Å²) in [6, 6.07) is 4.10. The maximum Gasteiger partial charge on any atom is 0.252 e. The summed E-state index contributed by atoms with van der Waals surface area (Å²) < 4.78 is 13.7. The van der Waals surface area contributed by atoms with Gasteiger partial charge in [0, 0.05) is 30.0 Å². The third-order valence-electron chi connectivity index (χ3n) is 4.11. The molecule has 2 amide bonds. The highest BCUT2D eigenvalue weighted by Crippen LogP contribution is 2.22. The molecule has 0 spiro atoms. The number of hydrogen-bond acceptors (Lipinski definition) is 3. The first kappa shape index (κ1) is 17.9. The number of rotatable bonds is 5. The van der Waals surface area contributed by atoms with Gasteiger partial charge in [0.1, 0.15) is 5.82 Å². The van der Waals surface area contributed by atoms with Gasteiger partial charge in [-0.15, -0.1) is 0 Å². The van der Waals surface area contributed by atoms with Gasteiger partial charge in [-0.3, -0.25) is 9.59 Å². The summed E-state index contributed by atoms with van der Waals surface area (Å²) in [4.78, 5) is 26.1. The van der Waals surface area contributed by atoms with Gasteiger partial charge >= 0.3 is 0 Å². The fraction of sp³-hybridized carbons (Fsp3) is 0.500. The highest BCUT2D eigenvalue weighted by atomic mass is 79.9. The van der Waals surface area contributed by atoms with Crippen molar-refractivity contribution in [3.05, 3.63) is 34.1 Å². The molecule has 1 heterocycles. The Morgan fingerprint density at radius 2 is 2.22 bits per heavy atom. The van der Waals surface area contributed by atoms with Crippen LogP contribution in [0.1, 0.15) is 30.1 Å². The number of hydrogen-bond donors (Lipinski definition) is 2. The van der Waals surface area contributed by atoms with Crippen LogP contribution in [0, 0.1) is 11.7 Å². The Morgan fingerprint density at radius 1 is 1.48 bits per heavy atom. The first-order valence-corrected chi connectivity index (χ1v) is 8.44. The zero-order valence-electron chi connectivity index (χ0n) is 13.0. The third kappa shape index (κ3) is 4.51. The van der Waals surface area contributed by atoms with E-state index in [0.717, 1.165) is 12.5 Å². The van der Waals surface area contributed by atoms with E-state index in [4.69, 9.17) is 5.73 Å². The number of halogens is 2. The zero-order valence-corrected chi connectivity index (χ0v) is 14.6. The highest BCUT2D eigenvalue weighted by Gasteiger charge is 2.31. The molecule has 2 atom stereocenters. The molecular weight excluding hydrogens is 365 g/mol. The van der Waals surface area contributed by atoms with E-state index in [0.29, 0.717) is 23.5 Å². The van der Waals surface area contributed by atoms with Gasteiger partial charge in [-0.1, -0.05) is 0 Å². The number of carbonyl (C=O) groups excluding carboxylic acids is 2. The van der Waals surface area contributed by atoms with Crippen LogP contribution in [0.3, 0.4) is 0 Å². The van der Waals surface area contributed by atoms with Crippen LogP contribution in [0.2, 0.25) is 0 Å². The molecule has 23 heavy (non-hydrogen) atoms. The molecule has 2 unspecified atom stereocenters. The first-order valence-electron chi connectivity index (χ1n) is 7.65. The van der Waals surface area contributed by atoms with Gasteiger partial charge in [0.05, 0.1) is 5.56 Å². The van der Waals surface area contributed by atoms with Gasteiger partial charge in [-0.05, 0) is 59.9 Å². The zero-order chi connectivity index (χ0) is 17.0. The van der Waals surface area contributed by atoms with Crippen molar-refractivity contribution in [1.29, 1.82) is 0 Å². The van der Waals surface area contributed by atoms with Crippen LogP contribution in [0.15, 0.2) is 22.7 Å². The second kappa shape index (κ2) is 7.88. The number of carbonyl (C=O) groups is 2. The number of nitrogens with two attached hydrogens (primary N) is 1. The van der Waals surface area contributed by atoms with Crippen molar-refractivity contribution in [2.75, 3.05) is 19.6 Å². The van der Waals surface area contributed by atoms with Crippen molar-refractivity contribution >= 4 is 27.7 Å². The molecule has 3 N–H and O–H groups in total. The Balaban J connectivity index is 1.84. The molecule has 1 aliphatic heterocycles. The number of likely N-dealkylation sites (tertiary alicyclic amines) is 1. The van der Waals surface area contributed by atoms with Crippen molar-refractivity contribution in [1.82, 2.24) is 10.2 Å². The SMILES string of the molecule is CC1CC(CN)CN1C(=O)CCNC(=O)c1cc(F)ccc1Br. The van der Waals surface area contributed by atoms with Crippen molar-refractivity contribution in [3.63, 3.8) is 0 Å². The van der Waals surface area contributed by atoms with Crippen molar-refractivity contribution in [2.45, 2.75) is 25.8 Å².